The molecule has 130 valence electrons. The van der Waals surface area contributed by atoms with E-state index < -0.39 is 16.6 Å². The number of nitro benzene ring substituents is 1. The summed E-state index contributed by atoms with van der Waals surface area (Å²) < 4.78 is 0. The molecule has 1 amide bonds. The van der Waals surface area contributed by atoms with E-state index >= 15 is 0 Å². The normalized spacial score (nSPS) is 11.5. The molecule has 2 rings (SSSR count). The maximum atomic E-state index is 12.0. The highest BCUT2D eigenvalue weighted by atomic mass is 16.6. The first-order valence-electron chi connectivity index (χ1n) is 7.58. The van der Waals surface area contributed by atoms with Gasteiger partial charge in [-0.15, -0.1) is 0 Å². The topological polar surface area (TPSA) is 108 Å². The summed E-state index contributed by atoms with van der Waals surface area (Å²) >= 11 is 0. The summed E-state index contributed by atoms with van der Waals surface area (Å²) in [6.45, 7) is 6.23. The van der Waals surface area contributed by atoms with Crippen LogP contribution in [-0.2, 0) is 5.41 Å². The Kier molecular flexibility index (Phi) is 5.17. The lowest BCUT2D eigenvalue weighted by atomic mass is 9.87. The number of carbonyl (C=O) groups is 1. The number of nitro groups is 1. The van der Waals surface area contributed by atoms with Crippen molar-refractivity contribution < 1.29 is 14.8 Å². The average molecular weight is 340 g/mol. The van der Waals surface area contributed by atoms with Crippen molar-refractivity contribution in [1.29, 1.82) is 0 Å². The van der Waals surface area contributed by atoms with Gasteiger partial charge in [0.05, 0.1) is 11.1 Å². The fraction of sp³-hybridized carbons (Fsp3) is 0.222. The Bertz CT molecular complexity index is 821. The molecule has 0 aliphatic rings. The Hall–Kier alpha value is -3.22. The number of nitrogens with zero attached hydrogens (tertiary/aromatic N) is 2. The van der Waals surface area contributed by atoms with Crippen LogP contribution in [0.15, 0.2) is 47.6 Å². The second-order valence-corrected chi connectivity index (χ2v) is 6.51. The molecule has 1 N–H and O–H groups in total. The van der Waals surface area contributed by atoms with Gasteiger partial charge >= 0.3 is 0 Å². The average Bonchev–Trinajstić information content (AvgIpc) is 2.55. The van der Waals surface area contributed by atoms with Crippen LogP contribution in [0.25, 0.3) is 0 Å². The highest BCUT2D eigenvalue weighted by Crippen LogP contribution is 2.22. The summed E-state index contributed by atoms with van der Waals surface area (Å²) in [6.07, 6.45) is 1.09. The third kappa shape index (κ3) is 4.63. The maximum Gasteiger partial charge on any atom is 0.271 e. The summed E-state index contributed by atoms with van der Waals surface area (Å²) in [5, 5.41) is 26.1. The molecule has 0 saturated carbocycles. The Labute approximate surface area is 145 Å². The second-order valence-electron chi connectivity index (χ2n) is 6.51. The van der Waals surface area contributed by atoms with E-state index in [4.69, 9.17) is 0 Å². The molecule has 0 aliphatic heterocycles. The molecule has 0 heterocycles. The van der Waals surface area contributed by atoms with Gasteiger partial charge in [0.15, 0.2) is 0 Å². The number of benzene rings is 2. The van der Waals surface area contributed by atoms with E-state index in [0.29, 0.717) is 5.56 Å². The van der Waals surface area contributed by atoms with Crippen molar-refractivity contribution in [2.24, 2.45) is 5.10 Å². The monoisotopic (exact) mass is 340 g/mol. The number of hydrazone groups is 1. The number of hydrogen-bond acceptors (Lipinski definition) is 5. The van der Waals surface area contributed by atoms with E-state index in [-0.39, 0.29) is 16.7 Å². The molecule has 0 spiro atoms. The highest BCUT2D eigenvalue weighted by Gasteiger charge is 2.14. The highest BCUT2D eigenvalue weighted by molar-refractivity contribution is 5.95. The zero-order valence-corrected chi connectivity index (χ0v) is 14.1. The summed E-state index contributed by atoms with van der Waals surface area (Å²) in [5.41, 5.74) is 3.62. The first-order valence-corrected chi connectivity index (χ1v) is 7.58. The van der Waals surface area contributed by atoms with Crippen LogP contribution >= 0.6 is 0 Å². The first-order chi connectivity index (χ1) is 11.7. The van der Waals surface area contributed by atoms with Crippen molar-refractivity contribution in [3.05, 3.63) is 69.3 Å². The lowest BCUT2D eigenvalue weighted by Gasteiger charge is -2.18. The Morgan fingerprint density at radius 3 is 2.36 bits per heavy atom. The van der Waals surface area contributed by atoms with Gasteiger partial charge < -0.3 is 5.11 Å². The summed E-state index contributed by atoms with van der Waals surface area (Å²) in [6, 6.07) is 10.4. The third-order valence-corrected chi connectivity index (χ3v) is 3.59. The van der Waals surface area contributed by atoms with Gasteiger partial charge in [-0.05, 0) is 28.7 Å². The molecule has 0 fully saturated rings. The maximum absolute atomic E-state index is 12.0. The molecule has 2 aromatic rings. The molecule has 0 aliphatic carbocycles. The van der Waals surface area contributed by atoms with Crippen LogP contribution in [0.5, 0.6) is 5.75 Å². The fourth-order valence-electron chi connectivity index (χ4n) is 2.10. The van der Waals surface area contributed by atoms with Gasteiger partial charge in [-0.1, -0.05) is 44.7 Å². The minimum absolute atomic E-state index is 0.0142. The molecule has 0 atom stereocenters. The molecular formula is C18H18N3O4-. The van der Waals surface area contributed by atoms with E-state index in [9.17, 15) is 20.0 Å². The Morgan fingerprint density at radius 2 is 1.80 bits per heavy atom. The fourth-order valence-corrected chi connectivity index (χ4v) is 2.10. The molecule has 0 bridgehead atoms. The van der Waals surface area contributed by atoms with E-state index in [2.05, 4.69) is 31.3 Å². The minimum Gasteiger partial charge on any atom is -0.872 e. The largest absolute Gasteiger partial charge is 0.872 e. The number of nitrogens with one attached hydrogen (secondary N) is 1. The van der Waals surface area contributed by atoms with Crippen LogP contribution in [0.2, 0.25) is 0 Å². The second kappa shape index (κ2) is 7.12. The predicted octanol–water partition coefficient (Wildman–Crippen LogP) is 2.73. The molecule has 0 unspecified atom stereocenters. The van der Waals surface area contributed by atoms with E-state index in [1.807, 2.05) is 12.1 Å². The summed E-state index contributed by atoms with van der Waals surface area (Å²) in [4.78, 5) is 22.2. The van der Waals surface area contributed by atoms with Crippen molar-refractivity contribution in [2.75, 3.05) is 0 Å². The van der Waals surface area contributed by atoms with Crippen LogP contribution in [0.1, 0.15) is 42.3 Å². The van der Waals surface area contributed by atoms with Crippen molar-refractivity contribution >= 4 is 17.8 Å². The van der Waals surface area contributed by atoms with Crippen LogP contribution < -0.4 is 10.5 Å². The molecule has 0 saturated heterocycles. The SMILES string of the molecule is CC(C)(C)c1ccc(C(=O)N/N=C\c2cc([N+](=O)[O-])ccc2[O-])cc1. The predicted molar refractivity (Wildman–Crippen MR) is 92.7 cm³/mol. The van der Waals surface area contributed by atoms with Crippen LogP contribution in [0.4, 0.5) is 5.69 Å². The zero-order valence-electron chi connectivity index (χ0n) is 14.1. The molecule has 0 radical (unpaired) electrons. The molecule has 7 heteroatoms. The molecular weight excluding hydrogens is 322 g/mol. The Morgan fingerprint density at radius 1 is 1.16 bits per heavy atom. The van der Waals surface area contributed by atoms with Gasteiger partial charge in [0.25, 0.3) is 11.6 Å². The van der Waals surface area contributed by atoms with Crippen molar-refractivity contribution in [3.63, 3.8) is 0 Å². The zero-order chi connectivity index (χ0) is 18.6. The molecule has 25 heavy (non-hydrogen) atoms. The lowest BCUT2D eigenvalue weighted by Crippen LogP contribution is -2.18. The first kappa shape index (κ1) is 18.1. The number of amides is 1. The minimum atomic E-state index is -0.605. The van der Waals surface area contributed by atoms with E-state index in [1.165, 1.54) is 0 Å². The molecule has 0 aromatic heterocycles. The molecule has 7 nitrogen and oxygen atoms in total. The van der Waals surface area contributed by atoms with Gasteiger partial charge in [-0.2, -0.15) is 5.10 Å². The van der Waals surface area contributed by atoms with Crippen LogP contribution in [0.3, 0.4) is 0 Å². The third-order valence-electron chi connectivity index (χ3n) is 3.59. The number of non-ortho nitro benzene ring substituents is 1. The smallest absolute Gasteiger partial charge is 0.271 e. The van der Waals surface area contributed by atoms with Gasteiger partial charge in [-0.3, -0.25) is 14.9 Å². The number of carbonyl (C=O) groups excluding carboxylic acids is 1. The molecule has 2 aromatic carbocycles. The van der Waals surface area contributed by atoms with Gasteiger partial charge in [0.2, 0.25) is 0 Å². The van der Waals surface area contributed by atoms with Crippen molar-refractivity contribution in [1.82, 2.24) is 5.43 Å². The van der Waals surface area contributed by atoms with Crippen molar-refractivity contribution in [3.8, 4) is 5.75 Å². The van der Waals surface area contributed by atoms with E-state index in [0.717, 1.165) is 30.0 Å². The van der Waals surface area contributed by atoms with E-state index in [1.54, 1.807) is 12.1 Å². The van der Waals surface area contributed by atoms with Crippen LogP contribution in [-0.4, -0.2) is 17.0 Å². The number of rotatable bonds is 4. The standard InChI is InChI=1S/C18H19N3O4/c1-18(2,3)14-6-4-12(5-7-14)17(23)20-19-11-13-10-15(21(24)25)8-9-16(13)22/h4-11,22H,1-3H3,(H,20,23)/p-1/b19-11-. The lowest BCUT2D eigenvalue weighted by molar-refractivity contribution is -0.385. The quantitative estimate of drug-likeness (QED) is 0.524. The summed E-state index contributed by atoms with van der Waals surface area (Å²) in [5.74, 6) is -0.854. The van der Waals surface area contributed by atoms with Crippen LogP contribution in [0, 0.1) is 10.1 Å². The van der Waals surface area contributed by atoms with Crippen molar-refractivity contribution in [2.45, 2.75) is 26.2 Å². The summed E-state index contributed by atoms with van der Waals surface area (Å²) in [7, 11) is 0. The number of hydrogen-bond donors (Lipinski definition) is 1. The Balaban J connectivity index is 2.08. The van der Waals surface area contributed by atoms with Gasteiger partial charge in [-0.25, -0.2) is 5.43 Å². The van der Waals surface area contributed by atoms with Gasteiger partial charge in [0.1, 0.15) is 0 Å². The van der Waals surface area contributed by atoms with Gasteiger partial charge in [0, 0.05) is 17.7 Å².